The molecule has 0 aliphatic heterocycles. The van der Waals surface area contributed by atoms with Crippen molar-refractivity contribution in [1.82, 2.24) is 0 Å². The standard InChI is InChI=1S/C12H12F4O6/c1-20-10(19)9(18)8(17)5-2-3-6(21-11(13)14)7(4-5)22-12(15)16/h2-4,8-9,11-12,17-18H,1H3. The Morgan fingerprint density at radius 2 is 1.59 bits per heavy atom. The second kappa shape index (κ2) is 7.80. The first kappa shape index (κ1) is 18.0. The highest BCUT2D eigenvalue weighted by Crippen LogP contribution is 2.33. The van der Waals surface area contributed by atoms with Crippen LogP contribution in [0.4, 0.5) is 17.6 Å². The quantitative estimate of drug-likeness (QED) is 0.582. The van der Waals surface area contributed by atoms with E-state index in [0.717, 1.165) is 25.3 Å². The molecule has 0 bridgehead atoms. The first-order chi connectivity index (χ1) is 10.3. The van der Waals surface area contributed by atoms with Gasteiger partial charge in [-0.2, -0.15) is 17.6 Å². The average molecular weight is 328 g/mol. The molecule has 0 saturated carbocycles. The van der Waals surface area contributed by atoms with Gasteiger partial charge in [-0.3, -0.25) is 0 Å². The van der Waals surface area contributed by atoms with E-state index in [4.69, 9.17) is 0 Å². The van der Waals surface area contributed by atoms with E-state index in [-0.39, 0.29) is 5.56 Å². The van der Waals surface area contributed by atoms with Crippen LogP contribution in [0, 0.1) is 0 Å². The van der Waals surface area contributed by atoms with Gasteiger partial charge in [-0.25, -0.2) is 4.79 Å². The molecule has 0 spiro atoms. The molecule has 22 heavy (non-hydrogen) atoms. The molecule has 10 heteroatoms. The van der Waals surface area contributed by atoms with Crippen LogP contribution in [0.3, 0.4) is 0 Å². The Hall–Kier alpha value is -2.07. The molecule has 0 saturated heterocycles. The zero-order valence-corrected chi connectivity index (χ0v) is 11.1. The lowest BCUT2D eigenvalue weighted by Crippen LogP contribution is -2.29. The van der Waals surface area contributed by atoms with Crippen molar-refractivity contribution < 1.29 is 46.8 Å². The van der Waals surface area contributed by atoms with Crippen LogP contribution in [-0.2, 0) is 9.53 Å². The summed E-state index contributed by atoms with van der Waals surface area (Å²) in [6.45, 7) is -6.62. The fourth-order valence-corrected chi connectivity index (χ4v) is 1.52. The second-order valence-electron chi connectivity index (χ2n) is 3.88. The summed E-state index contributed by atoms with van der Waals surface area (Å²) in [5.74, 6) is -2.65. The Morgan fingerprint density at radius 1 is 1.05 bits per heavy atom. The molecule has 124 valence electrons. The molecule has 1 aromatic rings. The number of methoxy groups -OCH3 is 1. The summed E-state index contributed by atoms with van der Waals surface area (Å²) in [4.78, 5) is 11.1. The smallest absolute Gasteiger partial charge is 0.387 e. The fraction of sp³-hybridized carbons (Fsp3) is 0.417. The third-order valence-electron chi connectivity index (χ3n) is 2.48. The van der Waals surface area contributed by atoms with Crippen LogP contribution in [0.15, 0.2) is 18.2 Å². The summed E-state index contributed by atoms with van der Waals surface area (Å²) in [5, 5.41) is 19.2. The lowest BCUT2D eigenvalue weighted by molar-refractivity contribution is -0.156. The second-order valence-corrected chi connectivity index (χ2v) is 3.88. The summed E-state index contributed by atoms with van der Waals surface area (Å²) in [5.41, 5.74) is -0.241. The van der Waals surface area contributed by atoms with Gasteiger partial charge >= 0.3 is 19.2 Å². The highest BCUT2D eigenvalue weighted by atomic mass is 19.3. The monoisotopic (exact) mass is 328 g/mol. The summed E-state index contributed by atoms with van der Waals surface area (Å²) in [7, 11) is 0.961. The third-order valence-corrected chi connectivity index (χ3v) is 2.48. The van der Waals surface area contributed by atoms with Crippen LogP contribution in [0.1, 0.15) is 11.7 Å². The topological polar surface area (TPSA) is 85.2 Å². The molecule has 1 aromatic carbocycles. The number of alkyl halides is 4. The SMILES string of the molecule is COC(=O)C(O)C(O)c1ccc(OC(F)F)c(OC(F)F)c1. The first-order valence-corrected chi connectivity index (χ1v) is 5.73. The van der Waals surface area contributed by atoms with Gasteiger partial charge in [0.15, 0.2) is 17.6 Å². The number of benzene rings is 1. The number of ether oxygens (including phenoxy) is 3. The molecule has 0 fully saturated rings. The van der Waals surface area contributed by atoms with E-state index in [1.165, 1.54) is 0 Å². The zero-order valence-electron chi connectivity index (χ0n) is 11.1. The Kier molecular flexibility index (Phi) is 6.38. The molecule has 2 unspecified atom stereocenters. The van der Waals surface area contributed by atoms with Crippen LogP contribution >= 0.6 is 0 Å². The summed E-state index contributed by atoms with van der Waals surface area (Å²) >= 11 is 0. The number of hydrogen-bond acceptors (Lipinski definition) is 6. The van der Waals surface area contributed by atoms with Crippen molar-refractivity contribution in [3.05, 3.63) is 23.8 Å². The van der Waals surface area contributed by atoms with Gasteiger partial charge in [0.05, 0.1) is 7.11 Å². The Morgan fingerprint density at radius 3 is 2.09 bits per heavy atom. The van der Waals surface area contributed by atoms with Crippen molar-refractivity contribution >= 4 is 5.97 Å². The third kappa shape index (κ3) is 4.74. The number of carbonyl (C=O) groups is 1. The van der Waals surface area contributed by atoms with Crippen molar-refractivity contribution in [2.75, 3.05) is 7.11 Å². The van der Waals surface area contributed by atoms with E-state index in [9.17, 15) is 32.6 Å². The van der Waals surface area contributed by atoms with Gasteiger partial charge in [0.2, 0.25) is 0 Å². The highest BCUT2D eigenvalue weighted by molar-refractivity contribution is 5.75. The first-order valence-electron chi connectivity index (χ1n) is 5.73. The number of halogens is 4. The molecule has 1 rings (SSSR count). The molecular weight excluding hydrogens is 316 g/mol. The van der Waals surface area contributed by atoms with Gasteiger partial charge in [-0.15, -0.1) is 0 Å². The van der Waals surface area contributed by atoms with Crippen LogP contribution in [0.5, 0.6) is 11.5 Å². The van der Waals surface area contributed by atoms with Crippen LogP contribution < -0.4 is 9.47 Å². The molecule has 2 N–H and O–H groups in total. The number of esters is 1. The Bertz CT molecular complexity index is 510. The molecule has 0 aromatic heterocycles. The number of carbonyl (C=O) groups excluding carboxylic acids is 1. The van der Waals surface area contributed by atoms with Crippen molar-refractivity contribution in [2.45, 2.75) is 25.4 Å². The molecule has 6 nitrogen and oxygen atoms in total. The maximum absolute atomic E-state index is 12.3. The summed E-state index contributed by atoms with van der Waals surface area (Å²) in [6, 6.07) is 2.56. The number of rotatable bonds is 7. The number of hydrogen-bond donors (Lipinski definition) is 2. The lowest BCUT2D eigenvalue weighted by atomic mass is 10.0. The predicted molar refractivity (Wildman–Crippen MR) is 62.7 cm³/mol. The van der Waals surface area contributed by atoms with E-state index in [1.54, 1.807) is 0 Å². The molecule has 2 atom stereocenters. The van der Waals surface area contributed by atoms with Gasteiger partial charge in [-0.05, 0) is 17.7 Å². The van der Waals surface area contributed by atoms with Gasteiger partial charge in [0.25, 0.3) is 0 Å². The molecule has 0 aliphatic carbocycles. The van der Waals surface area contributed by atoms with Gasteiger partial charge in [-0.1, -0.05) is 6.07 Å². The Balaban J connectivity index is 3.09. The summed E-state index contributed by atoms with van der Waals surface area (Å²) in [6.07, 6.45) is -3.83. The molecule has 0 heterocycles. The van der Waals surface area contributed by atoms with Gasteiger partial charge in [0, 0.05) is 0 Å². The normalized spacial score (nSPS) is 13.9. The van der Waals surface area contributed by atoms with Crippen molar-refractivity contribution in [2.24, 2.45) is 0 Å². The van der Waals surface area contributed by atoms with Crippen LogP contribution in [0.2, 0.25) is 0 Å². The van der Waals surface area contributed by atoms with Crippen molar-refractivity contribution in [1.29, 1.82) is 0 Å². The van der Waals surface area contributed by atoms with E-state index in [0.29, 0.717) is 0 Å². The highest BCUT2D eigenvalue weighted by Gasteiger charge is 2.28. The van der Waals surface area contributed by atoms with Crippen molar-refractivity contribution in [3.63, 3.8) is 0 Å². The largest absolute Gasteiger partial charge is 0.467 e. The molecule has 0 radical (unpaired) electrons. The minimum atomic E-state index is -3.34. The number of aliphatic hydroxyl groups excluding tert-OH is 2. The van der Waals surface area contributed by atoms with Gasteiger partial charge < -0.3 is 24.4 Å². The van der Waals surface area contributed by atoms with E-state index in [1.807, 2.05) is 0 Å². The molecular formula is C12H12F4O6. The average Bonchev–Trinajstić information content (AvgIpc) is 2.45. The maximum atomic E-state index is 12.3. The molecule has 0 amide bonds. The van der Waals surface area contributed by atoms with Crippen molar-refractivity contribution in [3.8, 4) is 11.5 Å². The van der Waals surface area contributed by atoms with Gasteiger partial charge in [0.1, 0.15) is 6.10 Å². The lowest BCUT2D eigenvalue weighted by Gasteiger charge is -2.18. The number of aliphatic hydroxyl groups is 2. The minimum absolute atomic E-state index is 0.241. The predicted octanol–water partition coefficient (Wildman–Crippen LogP) is 1.46. The molecule has 0 aliphatic rings. The van der Waals surface area contributed by atoms with Crippen LogP contribution in [0.25, 0.3) is 0 Å². The fourth-order valence-electron chi connectivity index (χ4n) is 1.52. The zero-order chi connectivity index (χ0) is 16.9. The van der Waals surface area contributed by atoms with E-state index < -0.39 is 42.9 Å². The minimum Gasteiger partial charge on any atom is -0.467 e. The van der Waals surface area contributed by atoms with E-state index >= 15 is 0 Å². The van der Waals surface area contributed by atoms with E-state index in [2.05, 4.69) is 14.2 Å². The summed E-state index contributed by atoms with van der Waals surface area (Å²) < 4.78 is 61.0. The Labute approximate surface area is 121 Å². The maximum Gasteiger partial charge on any atom is 0.387 e. The van der Waals surface area contributed by atoms with Crippen LogP contribution in [-0.4, -0.2) is 42.6 Å².